The van der Waals surface area contributed by atoms with Crippen molar-refractivity contribution in [3.8, 4) is 0 Å². The molecular weight excluding hydrogens is 228 g/mol. The van der Waals surface area contributed by atoms with Crippen molar-refractivity contribution >= 4 is 5.91 Å². The molecule has 2 rings (SSSR count). The summed E-state index contributed by atoms with van der Waals surface area (Å²) in [5.74, 6) is 0.321. The van der Waals surface area contributed by atoms with E-state index in [0.717, 1.165) is 31.4 Å². The van der Waals surface area contributed by atoms with Gasteiger partial charge in [-0.15, -0.1) is 0 Å². The molecule has 4 nitrogen and oxygen atoms in total. The highest BCUT2D eigenvalue weighted by Gasteiger charge is 2.22. The number of aromatic nitrogens is 1. The lowest BCUT2D eigenvalue weighted by atomic mass is 9.86. The molecule has 1 aromatic rings. The predicted molar refractivity (Wildman–Crippen MR) is 69.3 cm³/mol. The molecule has 0 unspecified atom stereocenters. The van der Waals surface area contributed by atoms with Gasteiger partial charge in [-0.25, -0.2) is 4.98 Å². The number of pyridine rings is 1. The third-order valence-corrected chi connectivity index (χ3v) is 3.56. The number of hydrogen-bond acceptors (Lipinski definition) is 3. The fourth-order valence-corrected chi connectivity index (χ4v) is 2.42. The van der Waals surface area contributed by atoms with Gasteiger partial charge in [0.1, 0.15) is 5.69 Å². The van der Waals surface area contributed by atoms with Gasteiger partial charge in [0.2, 0.25) is 0 Å². The van der Waals surface area contributed by atoms with Gasteiger partial charge in [-0.2, -0.15) is 0 Å². The summed E-state index contributed by atoms with van der Waals surface area (Å²) >= 11 is 0. The lowest BCUT2D eigenvalue weighted by Gasteiger charge is -2.27. The highest BCUT2D eigenvalue weighted by atomic mass is 16.3. The normalized spacial score (nSPS) is 23.7. The van der Waals surface area contributed by atoms with Gasteiger partial charge in [-0.1, -0.05) is 6.07 Å². The summed E-state index contributed by atoms with van der Waals surface area (Å²) in [6.45, 7) is 2.14. The fourth-order valence-electron chi connectivity index (χ4n) is 2.42. The molecule has 0 radical (unpaired) electrons. The molecule has 0 spiro atoms. The molecule has 1 heterocycles. The molecule has 2 N–H and O–H groups in total. The molecule has 1 aliphatic carbocycles. The number of aliphatic hydroxyl groups is 1. The lowest BCUT2D eigenvalue weighted by Crippen LogP contribution is -2.38. The predicted octanol–water partition coefficient (Wildman–Crippen LogP) is 1.67. The molecule has 1 fully saturated rings. The van der Waals surface area contributed by atoms with E-state index in [1.165, 1.54) is 0 Å². The zero-order valence-corrected chi connectivity index (χ0v) is 10.7. The summed E-state index contributed by atoms with van der Waals surface area (Å²) in [6.07, 6.45) is 3.87. The number of rotatable bonds is 3. The molecule has 18 heavy (non-hydrogen) atoms. The zero-order valence-electron chi connectivity index (χ0n) is 10.7. The summed E-state index contributed by atoms with van der Waals surface area (Å²) in [5.41, 5.74) is 1.34. The Morgan fingerprint density at radius 2 is 2.11 bits per heavy atom. The molecule has 1 amide bonds. The molecule has 0 aliphatic heterocycles. The van der Waals surface area contributed by atoms with E-state index in [2.05, 4.69) is 10.3 Å². The molecule has 1 aromatic heterocycles. The van der Waals surface area contributed by atoms with Gasteiger partial charge in [-0.05, 0) is 50.7 Å². The Labute approximate surface area is 107 Å². The van der Waals surface area contributed by atoms with Gasteiger partial charge in [0.05, 0.1) is 0 Å². The fraction of sp³-hybridized carbons (Fsp3) is 0.571. The number of aryl methyl sites for hydroxylation is 1. The van der Waals surface area contributed by atoms with E-state index < -0.39 is 0 Å². The minimum atomic E-state index is -0.0915. The Hall–Kier alpha value is -1.42. The van der Waals surface area contributed by atoms with Gasteiger partial charge < -0.3 is 10.4 Å². The van der Waals surface area contributed by atoms with Crippen molar-refractivity contribution in [1.82, 2.24) is 10.3 Å². The number of carbonyl (C=O) groups is 1. The van der Waals surface area contributed by atoms with E-state index in [0.29, 0.717) is 11.6 Å². The van der Waals surface area contributed by atoms with Gasteiger partial charge in [0, 0.05) is 18.3 Å². The monoisotopic (exact) mass is 248 g/mol. The van der Waals surface area contributed by atoms with Crippen LogP contribution in [0.3, 0.4) is 0 Å². The molecule has 0 bridgehead atoms. The van der Waals surface area contributed by atoms with Gasteiger partial charge >= 0.3 is 0 Å². The van der Waals surface area contributed by atoms with Gasteiger partial charge in [-0.3, -0.25) is 4.79 Å². The van der Waals surface area contributed by atoms with Crippen LogP contribution in [0, 0.1) is 12.8 Å². The molecular formula is C14H20N2O2. The second-order valence-corrected chi connectivity index (χ2v) is 5.04. The van der Waals surface area contributed by atoms with Crippen LogP contribution in [0.1, 0.15) is 41.9 Å². The first-order valence-electron chi connectivity index (χ1n) is 6.54. The maximum absolute atomic E-state index is 12.0. The lowest BCUT2D eigenvalue weighted by molar-refractivity contribution is 0.0908. The molecule has 1 aliphatic rings. The number of hydrogen-bond donors (Lipinski definition) is 2. The van der Waals surface area contributed by atoms with E-state index in [9.17, 15) is 4.79 Å². The van der Waals surface area contributed by atoms with Crippen LogP contribution in [0.4, 0.5) is 0 Å². The van der Waals surface area contributed by atoms with Crippen LogP contribution in [0.5, 0.6) is 0 Å². The number of carbonyl (C=O) groups excluding carboxylic acids is 1. The van der Waals surface area contributed by atoms with Gasteiger partial charge in [0.25, 0.3) is 5.91 Å². The number of amides is 1. The van der Waals surface area contributed by atoms with E-state index in [1.54, 1.807) is 6.07 Å². The Morgan fingerprint density at radius 3 is 2.72 bits per heavy atom. The number of nitrogens with zero attached hydrogens (tertiary/aromatic N) is 1. The van der Waals surface area contributed by atoms with Crippen molar-refractivity contribution in [3.05, 3.63) is 29.6 Å². The second kappa shape index (κ2) is 5.96. The van der Waals surface area contributed by atoms with Crippen molar-refractivity contribution in [3.63, 3.8) is 0 Å². The molecule has 0 aromatic carbocycles. The maximum Gasteiger partial charge on any atom is 0.270 e. The minimum absolute atomic E-state index is 0.0915. The third-order valence-electron chi connectivity index (χ3n) is 3.56. The molecule has 4 heteroatoms. The summed E-state index contributed by atoms with van der Waals surface area (Å²) < 4.78 is 0. The summed E-state index contributed by atoms with van der Waals surface area (Å²) in [4.78, 5) is 16.2. The second-order valence-electron chi connectivity index (χ2n) is 5.04. The Morgan fingerprint density at radius 1 is 1.39 bits per heavy atom. The van der Waals surface area contributed by atoms with Crippen LogP contribution in [0.25, 0.3) is 0 Å². The van der Waals surface area contributed by atoms with Crippen molar-refractivity contribution in [2.75, 3.05) is 6.61 Å². The molecule has 0 atom stereocenters. The SMILES string of the molecule is Cc1cccc(C(=O)NC2CCC(CO)CC2)n1. The number of nitrogens with one attached hydrogen (secondary N) is 1. The minimum Gasteiger partial charge on any atom is -0.396 e. The van der Waals surface area contributed by atoms with Crippen molar-refractivity contribution in [2.45, 2.75) is 38.6 Å². The molecule has 1 saturated carbocycles. The van der Waals surface area contributed by atoms with Crippen LogP contribution in [-0.4, -0.2) is 28.6 Å². The van der Waals surface area contributed by atoms with Crippen molar-refractivity contribution < 1.29 is 9.90 Å². The van der Waals surface area contributed by atoms with E-state index in [1.807, 2.05) is 19.1 Å². The standard InChI is InChI=1S/C14H20N2O2/c1-10-3-2-4-13(15-10)14(18)16-12-7-5-11(9-17)6-8-12/h2-4,11-12,17H,5-9H2,1H3,(H,16,18). The average molecular weight is 248 g/mol. The summed E-state index contributed by atoms with van der Waals surface area (Å²) in [6, 6.07) is 5.69. The van der Waals surface area contributed by atoms with E-state index in [4.69, 9.17) is 5.11 Å². The third kappa shape index (κ3) is 3.29. The quantitative estimate of drug-likeness (QED) is 0.855. The first-order chi connectivity index (χ1) is 8.69. The largest absolute Gasteiger partial charge is 0.396 e. The van der Waals surface area contributed by atoms with Crippen LogP contribution in [0.2, 0.25) is 0 Å². The summed E-state index contributed by atoms with van der Waals surface area (Å²) in [7, 11) is 0. The van der Waals surface area contributed by atoms with Crippen molar-refractivity contribution in [2.24, 2.45) is 5.92 Å². The summed E-state index contributed by atoms with van der Waals surface area (Å²) in [5, 5.41) is 12.1. The van der Waals surface area contributed by atoms with Crippen LogP contribution < -0.4 is 5.32 Å². The Balaban J connectivity index is 1.89. The van der Waals surface area contributed by atoms with E-state index in [-0.39, 0.29) is 18.6 Å². The van der Waals surface area contributed by atoms with E-state index >= 15 is 0 Å². The molecule has 0 saturated heterocycles. The first kappa shape index (κ1) is 13.0. The Bertz CT molecular complexity index is 412. The van der Waals surface area contributed by atoms with Crippen LogP contribution in [-0.2, 0) is 0 Å². The smallest absolute Gasteiger partial charge is 0.270 e. The average Bonchev–Trinajstić information content (AvgIpc) is 2.39. The van der Waals surface area contributed by atoms with Crippen LogP contribution >= 0.6 is 0 Å². The molecule has 98 valence electrons. The highest BCUT2D eigenvalue weighted by molar-refractivity contribution is 5.92. The van der Waals surface area contributed by atoms with Gasteiger partial charge in [0.15, 0.2) is 0 Å². The zero-order chi connectivity index (χ0) is 13.0. The highest BCUT2D eigenvalue weighted by Crippen LogP contribution is 2.23. The van der Waals surface area contributed by atoms with Crippen LogP contribution in [0.15, 0.2) is 18.2 Å². The topological polar surface area (TPSA) is 62.2 Å². The first-order valence-corrected chi connectivity index (χ1v) is 6.54. The Kier molecular flexibility index (Phi) is 4.31. The van der Waals surface area contributed by atoms with Crippen molar-refractivity contribution in [1.29, 1.82) is 0 Å². The number of aliphatic hydroxyl groups excluding tert-OH is 1. The maximum atomic E-state index is 12.0.